The van der Waals surface area contributed by atoms with Gasteiger partial charge in [-0.3, -0.25) is 5.43 Å². The number of allylic oxidation sites excluding steroid dienone is 1. The van der Waals surface area contributed by atoms with Crippen LogP contribution in [0.4, 0.5) is 0 Å². The van der Waals surface area contributed by atoms with Gasteiger partial charge in [0.2, 0.25) is 0 Å². The van der Waals surface area contributed by atoms with Gasteiger partial charge in [0.05, 0.1) is 6.20 Å². The molecule has 2 aliphatic rings. The Balaban J connectivity index is 1.96. The first-order valence-electron chi connectivity index (χ1n) is 4.50. The zero-order valence-electron chi connectivity index (χ0n) is 7.33. The summed E-state index contributed by atoms with van der Waals surface area (Å²) in [6, 6.07) is 0. The van der Waals surface area contributed by atoms with Crippen molar-refractivity contribution in [1.82, 2.24) is 15.7 Å². The van der Waals surface area contributed by atoms with Gasteiger partial charge in [-0.2, -0.15) is 5.01 Å². The van der Waals surface area contributed by atoms with Gasteiger partial charge in [-0.15, -0.1) is 10.3 Å². The summed E-state index contributed by atoms with van der Waals surface area (Å²) in [5.74, 6) is 0. The summed E-state index contributed by atoms with van der Waals surface area (Å²) < 4.78 is 0. The first-order valence-corrected chi connectivity index (χ1v) is 4.87. The molecule has 13 heavy (non-hydrogen) atoms. The van der Waals surface area contributed by atoms with Gasteiger partial charge in [-0.05, 0) is 12.8 Å². The summed E-state index contributed by atoms with van der Waals surface area (Å²) in [4.78, 5) is 0. The highest BCUT2D eigenvalue weighted by molar-refractivity contribution is 6.68. The fourth-order valence-corrected chi connectivity index (χ4v) is 1.62. The molecule has 0 unspecified atom stereocenters. The van der Waals surface area contributed by atoms with Gasteiger partial charge in [0.15, 0.2) is 5.17 Å². The molecule has 2 heterocycles. The molecule has 1 saturated heterocycles. The Bertz CT molecular complexity index is 232. The van der Waals surface area contributed by atoms with Crippen LogP contribution in [0.5, 0.6) is 0 Å². The third-order valence-electron chi connectivity index (χ3n) is 2.15. The standard InChI is InChI=1S/C8H12ClN4/c9-8-4-5-10-13(11-8)12-6-2-1-3-7-12/h4,10H,1-3,6-7H2. The fraction of sp³-hybridized carbons (Fsp3) is 0.625. The first kappa shape index (κ1) is 8.84. The van der Waals surface area contributed by atoms with Crippen LogP contribution in [0.15, 0.2) is 11.2 Å². The summed E-state index contributed by atoms with van der Waals surface area (Å²) >= 11 is 5.75. The second-order valence-corrected chi connectivity index (χ2v) is 3.51. The zero-order valence-corrected chi connectivity index (χ0v) is 8.09. The molecule has 5 heteroatoms. The highest BCUT2D eigenvalue weighted by atomic mass is 35.5. The molecule has 0 bridgehead atoms. The summed E-state index contributed by atoms with van der Waals surface area (Å²) in [7, 11) is 0. The first-order chi connectivity index (χ1) is 6.36. The van der Waals surface area contributed by atoms with E-state index in [-0.39, 0.29) is 0 Å². The molecule has 0 aromatic carbocycles. The summed E-state index contributed by atoms with van der Waals surface area (Å²) in [6.07, 6.45) is 8.18. The van der Waals surface area contributed by atoms with E-state index in [4.69, 9.17) is 11.6 Å². The Morgan fingerprint density at radius 2 is 2.15 bits per heavy atom. The minimum Gasteiger partial charge on any atom is -0.265 e. The average molecular weight is 200 g/mol. The van der Waals surface area contributed by atoms with Crippen molar-refractivity contribution in [3.63, 3.8) is 0 Å². The lowest BCUT2D eigenvalue weighted by atomic mass is 10.2. The zero-order chi connectivity index (χ0) is 9.10. The van der Waals surface area contributed by atoms with Crippen LogP contribution in [0, 0.1) is 6.20 Å². The lowest BCUT2D eigenvalue weighted by Crippen LogP contribution is -2.49. The average Bonchev–Trinajstić information content (AvgIpc) is 2.19. The number of nitrogens with one attached hydrogen (secondary N) is 1. The molecule has 1 N–H and O–H groups in total. The molecule has 0 aliphatic carbocycles. The maximum Gasteiger partial charge on any atom is 0.154 e. The Morgan fingerprint density at radius 3 is 2.85 bits per heavy atom. The van der Waals surface area contributed by atoms with Crippen molar-refractivity contribution in [3.8, 4) is 0 Å². The number of halogens is 1. The molecule has 2 aliphatic heterocycles. The van der Waals surface area contributed by atoms with Gasteiger partial charge >= 0.3 is 0 Å². The second kappa shape index (κ2) is 3.98. The van der Waals surface area contributed by atoms with E-state index < -0.39 is 0 Å². The van der Waals surface area contributed by atoms with Crippen molar-refractivity contribution in [2.75, 3.05) is 13.1 Å². The van der Waals surface area contributed by atoms with E-state index in [0.717, 1.165) is 13.1 Å². The lowest BCUT2D eigenvalue weighted by Gasteiger charge is -2.35. The van der Waals surface area contributed by atoms with E-state index in [0.29, 0.717) is 5.17 Å². The van der Waals surface area contributed by atoms with Crippen LogP contribution in [-0.4, -0.2) is 28.5 Å². The largest absolute Gasteiger partial charge is 0.265 e. The van der Waals surface area contributed by atoms with E-state index in [1.165, 1.54) is 19.3 Å². The number of hydrogen-bond acceptors (Lipinski definition) is 4. The molecule has 0 aromatic rings. The maximum atomic E-state index is 5.75. The fourth-order valence-electron chi connectivity index (χ4n) is 1.49. The van der Waals surface area contributed by atoms with Gasteiger partial charge in [0.1, 0.15) is 0 Å². The molecule has 1 radical (unpaired) electrons. The molecule has 1 fully saturated rings. The van der Waals surface area contributed by atoms with Gasteiger partial charge in [0, 0.05) is 19.2 Å². The molecule has 71 valence electrons. The molecular formula is C8H12ClN4. The Morgan fingerprint density at radius 1 is 1.38 bits per heavy atom. The van der Waals surface area contributed by atoms with Crippen LogP contribution in [0.2, 0.25) is 0 Å². The Labute approximate surface area is 82.8 Å². The van der Waals surface area contributed by atoms with E-state index in [9.17, 15) is 0 Å². The summed E-state index contributed by atoms with van der Waals surface area (Å²) in [5.41, 5.74) is 2.90. The van der Waals surface area contributed by atoms with Crippen molar-refractivity contribution >= 4 is 16.8 Å². The minimum absolute atomic E-state index is 0.462. The topological polar surface area (TPSA) is 30.9 Å². The smallest absolute Gasteiger partial charge is 0.154 e. The SMILES string of the molecule is ClC1=NN(N2CCCCC2)N[C]=C1. The molecule has 0 atom stereocenters. The van der Waals surface area contributed by atoms with Crippen molar-refractivity contribution in [2.45, 2.75) is 19.3 Å². The molecule has 0 aromatic heterocycles. The van der Waals surface area contributed by atoms with Crippen LogP contribution in [0.25, 0.3) is 0 Å². The third-order valence-corrected chi connectivity index (χ3v) is 2.33. The molecule has 0 amide bonds. The van der Waals surface area contributed by atoms with Crippen molar-refractivity contribution in [1.29, 1.82) is 0 Å². The van der Waals surface area contributed by atoms with Gasteiger partial charge in [0.25, 0.3) is 0 Å². The van der Waals surface area contributed by atoms with Crippen LogP contribution >= 0.6 is 11.6 Å². The predicted octanol–water partition coefficient (Wildman–Crippen LogP) is 1.08. The highest BCUT2D eigenvalue weighted by Gasteiger charge is 2.17. The number of rotatable bonds is 1. The molecule has 4 nitrogen and oxygen atoms in total. The quantitative estimate of drug-likeness (QED) is 0.686. The molecule has 0 saturated carbocycles. The minimum atomic E-state index is 0.462. The summed E-state index contributed by atoms with van der Waals surface area (Å²) in [5, 5.41) is 8.38. The Hall–Kier alpha value is -0.740. The van der Waals surface area contributed by atoms with Crippen LogP contribution in [-0.2, 0) is 0 Å². The monoisotopic (exact) mass is 199 g/mol. The van der Waals surface area contributed by atoms with Crippen molar-refractivity contribution in [3.05, 3.63) is 12.3 Å². The van der Waals surface area contributed by atoms with Crippen LogP contribution < -0.4 is 5.43 Å². The van der Waals surface area contributed by atoms with E-state index in [2.05, 4.69) is 21.7 Å². The van der Waals surface area contributed by atoms with Crippen LogP contribution in [0.1, 0.15) is 19.3 Å². The second-order valence-electron chi connectivity index (χ2n) is 3.13. The van der Waals surface area contributed by atoms with Crippen molar-refractivity contribution in [2.24, 2.45) is 5.10 Å². The van der Waals surface area contributed by atoms with Gasteiger partial charge < -0.3 is 0 Å². The van der Waals surface area contributed by atoms with Crippen molar-refractivity contribution < 1.29 is 0 Å². The Kier molecular flexibility index (Phi) is 2.71. The number of piperidine rings is 1. The third kappa shape index (κ3) is 2.14. The number of hydrogen-bond donors (Lipinski definition) is 1. The maximum absolute atomic E-state index is 5.75. The molecule has 0 spiro atoms. The summed E-state index contributed by atoms with van der Waals surface area (Å²) in [6.45, 7) is 2.06. The molecular weight excluding hydrogens is 188 g/mol. The van der Waals surface area contributed by atoms with E-state index in [1.807, 2.05) is 0 Å². The highest BCUT2D eigenvalue weighted by Crippen LogP contribution is 2.12. The normalized spacial score (nSPS) is 24.1. The lowest BCUT2D eigenvalue weighted by molar-refractivity contribution is -0.0711. The molecule has 2 rings (SSSR count). The number of hydrazone groups is 1. The van der Waals surface area contributed by atoms with Gasteiger partial charge in [-0.1, -0.05) is 18.0 Å². The number of hydrazine groups is 2. The predicted molar refractivity (Wildman–Crippen MR) is 51.5 cm³/mol. The van der Waals surface area contributed by atoms with E-state index in [1.54, 1.807) is 11.3 Å². The van der Waals surface area contributed by atoms with E-state index >= 15 is 0 Å². The van der Waals surface area contributed by atoms with Gasteiger partial charge in [-0.25, -0.2) is 0 Å². The van der Waals surface area contributed by atoms with Crippen LogP contribution in [0.3, 0.4) is 0 Å². The number of nitrogens with zero attached hydrogens (tertiary/aromatic N) is 3.